The maximum atomic E-state index is 13.6. The van der Waals surface area contributed by atoms with Crippen molar-refractivity contribution in [1.29, 1.82) is 0 Å². The van der Waals surface area contributed by atoms with Gasteiger partial charge in [-0.1, -0.05) is 91.0 Å². The molecule has 2 amide bonds. The molecule has 0 heterocycles. The van der Waals surface area contributed by atoms with Crippen molar-refractivity contribution in [2.45, 2.75) is 51.4 Å². The number of nitrogens with one attached hydrogen (secondary N) is 2. The van der Waals surface area contributed by atoms with Crippen LogP contribution in [0.25, 0.3) is 0 Å². The van der Waals surface area contributed by atoms with Crippen LogP contribution in [0.15, 0.2) is 109 Å². The first-order valence-electron chi connectivity index (χ1n) is 14.5. The third-order valence-electron chi connectivity index (χ3n) is 7.75. The molecule has 4 atom stereocenters. The van der Waals surface area contributed by atoms with Crippen molar-refractivity contribution < 1.29 is 14.7 Å². The number of carbonyl (C=O) groups is 2. The largest absolute Gasteiger partial charge is 0.390 e. The maximum absolute atomic E-state index is 13.6. The minimum Gasteiger partial charge on any atom is -0.390 e. The highest BCUT2D eigenvalue weighted by Crippen LogP contribution is 2.20. The highest BCUT2D eigenvalue weighted by molar-refractivity contribution is 6.00. The Hall–Kier alpha value is -4.26. The summed E-state index contributed by atoms with van der Waals surface area (Å²) in [5, 5.41) is 17.5. The third kappa shape index (κ3) is 8.38. The highest BCUT2D eigenvalue weighted by Gasteiger charge is 2.26. The average Bonchev–Trinajstić information content (AvgIpc) is 3.01. The molecular weight excluding hydrogens is 522 g/mol. The van der Waals surface area contributed by atoms with E-state index >= 15 is 0 Å². The Morgan fingerprint density at radius 2 is 1.24 bits per heavy atom. The molecule has 1 unspecified atom stereocenters. The van der Waals surface area contributed by atoms with Crippen LogP contribution in [0.4, 0.5) is 0 Å². The lowest BCUT2D eigenvalue weighted by Gasteiger charge is -2.31. The van der Waals surface area contributed by atoms with Gasteiger partial charge in [0.15, 0.2) is 0 Å². The normalized spacial score (nSPS) is 14.0. The van der Waals surface area contributed by atoms with E-state index in [-0.39, 0.29) is 23.9 Å². The van der Waals surface area contributed by atoms with Crippen LogP contribution >= 0.6 is 0 Å². The van der Waals surface area contributed by atoms with Crippen LogP contribution in [-0.4, -0.2) is 47.6 Å². The summed E-state index contributed by atoms with van der Waals surface area (Å²) in [4.78, 5) is 28.8. The average molecular weight is 564 g/mol. The Morgan fingerprint density at radius 1 is 0.738 bits per heavy atom. The second-order valence-corrected chi connectivity index (χ2v) is 11.1. The SMILES string of the molecule is Cc1cc(C(=O)NC(C)c2ccccc2)cc(C(=O)N[C@@H](Cc2ccccc2)[C@H](O)CN(C)[C@@H](C)c2ccccc2)c1. The Labute approximate surface area is 249 Å². The van der Waals surface area contributed by atoms with E-state index in [1.165, 1.54) is 0 Å². The zero-order valence-corrected chi connectivity index (χ0v) is 24.8. The van der Waals surface area contributed by atoms with E-state index in [1.54, 1.807) is 18.2 Å². The molecule has 6 nitrogen and oxygen atoms in total. The maximum Gasteiger partial charge on any atom is 0.251 e. The first-order valence-corrected chi connectivity index (χ1v) is 14.5. The number of nitrogens with zero attached hydrogens (tertiary/aromatic N) is 1. The van der Waals surface area contributed by atoms with Gasteiger partial charge in [0.2, 0.25) is 0 Å². The lowest BCUT2D eigenvalue weighted by molar-refractivity contribution is 0.0656. The second-order valence-electron chi connectivity index (χ2n) is 11.1. The lowest BCUT2D eigenvalue weighted by Crippen LogP contribution is -2.49. The molecule has 218 valence electrons. The molecule has 0 saturated carbocycles. The van der Waals surface area contributed by atoms with Crippen molar-refractivity contribution in [1.82, 2.24) is 15.5 Å². The fourth-order valence-corrected chi connectivity index (χ4v) is 5.12. The van der Waals surface area contributed by atoms with Crippen molar-refractivity contribution in [3.8, 4) is 0 Å². The summed E-state index contributed by atoms with van der Waals surface area (Å²) in [6, 6.07) is 34.2. The zero-order valence-electron chi connectivity index (χ0n) is 24.8. The summed E-state index contributed by atoms with van der Waals surface area (Å²) < 4.78 is 0. The summed E-state index contributed by atoms with van der Waals surface area (Å²) in [5.74, 6) is -0.580. The number of benzene rings is 4. The van der Waals surface area contributed by atoms with Gasteiger partial charge in [-0.2, -0.15) is 0 Å². The quantitative estimate of drug-likeness (QED) is 0.201. The molecule has 0 saturated heterocycles. The molecule has 0 aliphatic heterocycles. The number of hydrogen-bond donors (Lipinski definition) is 3. The molecule has 4 rings (SSSR count). The molecular formula is C36H41N3O3. The van der Waals surface area contributed by atoms with Gasteiger partial charge >= 0.3 is 0 Å². The van der Waals surface area contributed by atoms with Crippen molar-refractivity contribution in [2.24, 2.45) is 0 Å². The Kier molecular flexibility index (Phi) is 10.7. The van der Waals surface area contributed by atoms with Gasteiger partial charge in [0.05, 0.1) is 18.2 Å². The van der Waals surface area contributed by atoms with E-state index in [0.717, 1.165) is 22.3 Å². The van der Waals surface area contributed by atoms with Crippen LogP contribution in [0.2, 0.25) is 0 Å². The molecule has 4 aromatic rings. The van der Waals surface area contributed by atoms with E-state index in [1.807, 2.05) is 99.8 Å². The van der Waals surface area contributed by atoms with Crippen molar-refractivity contribution in [3.05, 3.63) is 143 Å². The smallest absolute Gasteiger partial charge is 0.251 e. The van der Waals surface area contributed by atoms with Gasteiger partial charge in [-0.3, -0.25) is 14.5 Å². The summed E-state index contributed by atoms with van der Waals surface area (Å²) in [6.45, 7) is 6.27. The number of amides is 2. The Bertz CT molecular complexity index is 1440. The number of rotatable bonds is 12. The minimum absolute atomic E-state index is 0.0880. The van der Waals surface area contributed by atoms with Gasteiger partial charge in [0, 0.05) is 23.7 Å². The predicted molar refractivity (Wildman–Crippen MR) is 168 cm³/mol. The molecule has 0 fully saturated rings. The number of aryl methyl sites for hydroxylation is 1. The van der Waals surface area contributed by atoms with Gasteiger partial charge < -0.3 is 15.7 Å². The number of hydrogen-bond acceptors (Lipinski definition) is 4. The van der Waals surface area contributed by atoms with Crippen LogP contribution in [0.1, 0.15) is 68.9 Å². The monoisotopic (exact) mass is 563 g/mol. The van der Waals surface area contributed by atoms with Gasteiger partial charge in [-0.15, -0.1) is 0 Å². The zero-order chi connectivity index (χ0) is 30.1. The summed E-state index contributed by atoms with van der Waals surface area (Å²) >= 11 is 0. The fraction of sp³-hybridized carbons (Fsp3) is 0.278. The van der Waals surface area contributed by atoms with Gasteiger partial charge in [-0.05, 0) is 74.7 Å². The Morgan fingerprint density at radius 3 is 1.81 bits per heavy atom. The third-order valence-corrected chi connectivity index (χ3v) is 7.75. The van der Waals surface area contributed by atoms with Crippen molar-refractivity contribution in [2.75, 3.05) is 13.6 Å². The van der Waals surface area contributed by atoms with Gasteiger partial charge in [0.25, 0.3) is 11.8 Å². The number of aliphatic hydroxyl groups excluding tert-OH is 1. The minimum atomic E-state index is -0.829. The van der Waals surface area contributed by atoms with E-state index in [0.29, 0.717) is 24.1 Å². The molecule has 0 aliphatic rings. The van der Waals surface area contributed by atoms with Crippen LogP contribution in [-0.2, 0) is 6.42 Å². The highest BCUT2D eigenvalue weighted by atomic mass is 16.3. The molecule has 4 aromatic carbocycles. The van der Waals surface area contributed by atoms with Crippen LogP contribution < -0.4 is 10.6 Å². The van der Waals surface area contributed by atoms with E-state index in [9.17, 15) is 14.7 Å². The topological polar surface area (TPSA) is 81.7 Å². The molecule has 0 spiro atoms. The summed E-state index contributed by atoms with van der Waals surface area (Å²) in [6.07, 6.45) is -0.362. The molecule has 42 heavy (non-hydrogen) atoms. The number of likely N-dealkylation sites (N-methyl/N-ethyl adjacent to an activating group) is 1. The first-order chi connectivity index (χ1) is 20.2. The number of carbonyl (C=O) groups excluding carboxylic acids is 2. The number of aliphatic hydroxyl groups is 1. The van der Waals surface area contributed by atoms with Crippen LogP contribution in [0.5, 0.6) is 0 Å². The standard InChI is InChI=1S/C36H41N3O3/c1-25-20-31(35(41)37-26(2)29-16-10-6-11-17-29)23-32(21-25)36(42)38-33(22-28-14-8-5-9-15-28)34(40)24-39(4)27(3)30-18-12-7-13-19-30/h5-21,23,26-27,33-34,40H,22,24H2,1-4H3,(H,37,41)(H,38,42)/t26?,27-,33-,34+/m0/s1. The fourth-order valence-electron chi connectivity index (χ4n) is 5.12. The van der Waals surface area contributed by atoms with Crippen LogP contribution in [0.3, 0.4) is 0 Å². The molecule has 0 radical (unpaired) electrons. The van der Waals surface area contributed by atoms with Crippen LogP contribution in [0, 0.1) is 6.92 Å². The molecule has 6 heteroatoms. The molecule has 0 aliphatic carbocycles. The van der Waals surface area contributed by atoms with Gasteiger partial charge in [0.1, 0.15) is 0 Å². The lowest BCUT2D eigenvalue weighted by atomic mass is 9.98. The summed E-state index contributed by atoms with van der Waals surface area (Å²) in [7, 11) is 1.98. The van der Waals surface area contributed by atoms with E-state index in [2.05, 4.69) is 34.6 Å². The summed E-state index contributed by atoms with van der Waals surface area (Å²) in [5.41, 5.74) is 4.77. The van der Waals surface area contributed by atoms with Crippen molar-refractivity contribution >= 4 is 11.8 Å². The molecule has 0 aromatic heterocycles. The molecule has 3 N–H and O–H groups in total. The Balaban J connectivity index is 1.50. The van der Waals surface area contributed by atoms with Crippen molar-refractivity contribution in [3.63, 3.8) is 0 Å². The van der Waals surface area contributed by atoms with E-state index in [4.69, 9.17) is 0 Å². The predicted octanol–water partition coefficient (Wildman–Crippen LogP) is 5.88. The van der Waals surface area contributed by atoms with Gasteiger partial charge in [-0.25, -0.2) is 0 Å². The first kappa shape index (κ1) is 30.7. The molecule has 0 bridgehead atoms. The van der Waals surface area contributed by atoms with E-state index < -0.39 is 12.1 Å². The second kappa shape index (κ2) is 14.6.